The van der Waals surface area contributed by atoms with E-state index in [-0.39, 0.29) is 29.8 Å². The number of carbonyl (C=O) groups is 1. The second-order valence-electron chi connectivity index (χ2n) is 6.50. The van der Waals surface area contributed by atoms with E-state index in [1.54, 1.807) is 11.0 Å². The topological polar surface area (TPSA) is 77.0 Å². The smallest absolute Gasteiger partial charge is 0.253 e. The molecular formula is C16H22ClN5O. The van der Waals surface area contributed by atoms with Crippen LogP contribution in [0.5, 0.6) is 0 Å². The van der Waals surface area contributed by atoms with Gasteiger partial charge >= 0.3 is 0 Å². The lowest BCUT2D eigenvalue weighted by Gasteiger charge is -2.42. The van der Waals surface area contributed by atoms with Crippen LogP contribution in [0, 0.1) is 5.41 Å². The predicted octanol–water partition coefficient (Wildman–Crippen LogP) is 1.89. The number of nitrogens with zero attached hydrogens (tertiary/aromatic N) is 4. The molecule has 124 valence electrons. The van der Waals surface area contributed by atoms with Gasteiger partial charge in [-0.05, 0) is 36.1 Å². The summed E-state index contributed by atoms with van der Waals surface area (Å²) >= 11 is 0. The van der Waals surface area contributed by atoms with Crippen LogP contribution in [-0.2, 0) is 0 Å². The summed E-state index contributed by atoms with van der Waals surface area (Å²) in [7, 11) is 0. The van der Waals surface area contributed by atoms with E-state index in [2.05, 4.69) is 23.9 Å². The van der Waals surface area contributed by atoms with Crippen LogP contribution in [0.25, 0.3) is 5.69 Å². The Balaban J connectivity index is 0.00000192. The van der Waals surface area contributed by atoms with E-state index in [0.717, 1.165) is 12.1 Å². The number of carbonyl (C=O) groups excluding carboxylic acids is 1. The van der Waals surface area contributed by atoms with E-state index in [9.17, 15) is 4.79 Å². The highest BCUT2D eigenvalue weighted by atomic mass is 35.5. The fourth-order valence-electron chi connectivity index (χ4n) is 2.83. The molecular weight excluding hydrogens is 314 g/mol. The molecule has 0 aliphatic carbocycles. The molecule has 2 aromatic rings. The minimum absolute atomic E-state index is 0. The highest BCUT2D eigenvalue weighted by Gasteiger charge is 2.35. The van der Waals surface area contributed by atoms with Gasteiger partial charge in [0.1, 0.15) is 12.7 Å². The van der Waals surface area contributed by atoms with Crippen molar-refractivity contribution in [3.8, 4) is 5.69 Å². The van der Waals surface area contributed by atoms with Crippen LogP contribution in [0.2, 0.25) is 0 Å². The molecule has 3 rings (SSSR count). The van der Waals surface area contributed by atoms with Crippen molar-refractivity contribution in [2.45, 2.75) is 26.3 Å². The third kappa shape index (κ3) is 3.54. The number of amides is 1. The molecule has 1 fully saturated rings. The Morgan fingerprint density at radius 1 is 1.30 bits per heavy atom. The molecule has 6 nitrogen and oxygen atoms in total. The van der Waals surface area contributed by atoms with Crippen LogP contribution in [-0.4, -0.2) is 44.7 Å². The summed E-state index contributed by atoms with van der Waals surface area (Å²) in [6, 6.07) is 7.57. The third-order valence-electron chi connectivity index (χ3n) is 4.40. The maximum Gasteiger partial charge on any atom is 0.253 e. The Labute approximate surface area is 142 Å². The van der Waals surface area contributed by atoms with Gasteiger partial charge in [0.15, 0.2) is 0 Å². The molecule has 1 atom stereocenters. The van der Waals surface area contributed by atoms with Crippen LogP contribution in [0.4, 0.5) is 0 Å². The first kappa shape index (κ1) is 17.4. The van der Waals surface area contributed by atoms with Crippen molar-refractivity contribution in [2.75, 3.05) is 13.1 Å². The standard InChI is InChI=1S/C16H21N5O.ClH/c1-16(2)9-20(8-7-14(16)17)15(22)12-3-5-13(6-4-12)21-11-18-10-19-21;/h3-6,10-11,14H,7-9,17H2,1-2H3;1H. The van der Waals surface area contributed by atoms with E-state index in [1.807, 2.05) is 29.2 Å². The summed E-state index contributed by atoms with van der Waals surface area (Å²) < 4.78 is 1.66. The maximum absolute atomic E-state index is 12.6. The number of hydrogen-bond donors (Lipinski definition) is 1. The number of likely N-dealkylation sites (tertiary alicyclic amines) is 1. The average Bonchev–Trinajstić information content (AvgIpc) is 3.04. The summed E-state index contributed by atoms with van der Waals surface area (Å²) in [5.74, 6) is 0.0603. The molecule has 1 aliphatic heterocycles. The maximum atomic E-state index is 12.6. The quantitative estimate of drug-likeness (QED) is 0.909. The van der Waals surface area contributed by atoms with Gasteiger partial charge in [0, 0.05) is 24.7 Å². The van der Waals surface area contributed by atoms with E-state index in [4.69, 9.17) is 5.73 Å². The van der Waals surface area contributed by atoms with E-state index in [1.165, 1.54) is 6.33 Å². The van der Waals surface area contributed by atoms with E-state index < -0.39 is 0 Å². The summed E-state index contributed by atoms with van der Waals surface area (Å²) in [5.41, 5.74) is 7.66. The van der Waals surface area contributed by atoms with Gasteiger partial charge in [0.25, 0.3) is 5.91 Å². The molecule has 1 aromatic carbocycles. The van der Waals surface area contributed by atoms with Gasteiger partial charge in [0.05, 0.1) is 5.69 Å². The van der Waals surface area contributed by atoms with Crippen LogP contribution >= 0.6 is 12.4 Å². The Bertz CT molecular complexity index is 654. The van der Waals surface area contributed by atoms with Crippen molar-refractivity contribution in [1.29, 1.82) is 0 Å². The SMILES string of the molecule is CC1(C)CN(C(=O)c2ccc(-n3cncn3)cc2)CCC1N.Cl. The minimum Gasteiger partial charge on any atom is -0.338 e. The first-order chi connectivity index (χ1) is 10.5. The van der Waals surface area contributed by atoms with Crippen molar-refractivity contribution < 1.29 is 4.79 Å². The van der Waals surface area contributed by atoms with Crippen molar-refractivity contribution in [1.82, 2.24) is 19.7 Å². The number of benzene rings is 1. The second kappa shape index (κ2) is 6.68. The highest BCUT2D eigenvalue weighted by Crippen LogP contribution is 2.28. The Kier molecular flexibility index (Phi) is 5.06. The summed E-state index contributed by atoms with van der Waals surface area (Å²) in [5, 5.41) is 4.07. The highest BCUT2D eigenvalue weighted by molar-refractivity contribution is 5.94. The number of halogens is 1. The van der Waals surface area contributed by atoms with Gasteiger partial charge in [-0.1, -0.05) is 13.8 Å². The summed E-state index contributed by atoms with van der Waals surface area (Å²) in [4.78, 5) is 18.5. The Morgan fingerprint density at radius 3 is 2.57 bits per heavy atom. The van der Waals surface area contributed by atoms with Crippen LogP contribution in [0.3, 0.4) is 0 Å². The largest absolute Gasteiger partial charge is 0.338 e. The fraction of sp³-hybridized carbons (Fsp3) is 0.438. The van der Waals surface area contributed by atoms with Crippen molar-refractivity contribution in [3.05, 3.63) is 42.5 Å². The lowest BCUT2D eigenvalue weighted by atomic mass is 9.79. The molecule has 0 saturated carbocycles. The zero-order valence-corrected chi connectivity index (χ0v) is 14.2. The first-order valence-electron chi connectivity index (χ1n) is 7.47. The fourth-order valence-corrected chi connectivity index (χ4v) is 2.83. The Morgan fingerprint density at radius 2 is 2.00 bits per heavy atom. The summed E-state index contributed by atoms with van der Waals surface area (Å²) in [6.45, 7) is 5.64. The molecule has 1 saturated heterocycles. The van der Waals surface area contributed by atoms with Crippen LogP contribution < -0.4 is 5.73 Å². The van der Waals surface area contributed by atoms with Gasteiger partial charge in [0.2, 0.25) is 0 Å². The van der Waals surface area contributed by atoms with Gasteiger partial charge in [-0.3, -0.25) is 4.79 Å². The van der Waals surface area contributed by atoms with Gasteiger partial charge in [-0.15, -0.1) is 12.4 Å². The van der Waals surface area contributed by atoms with Gasteiger partial charge in [-0.2, -0.15) is 5.10 Å². The number of piperidine rings is 1. The minimum atomic E-state index is -0.0470. The molecule has 7 heteroatoms. The van der Waals surface area contributed by atoms with Crippen molar-refractivity contribution in [2.24, 2.45) is 11.1 Å². The summed E-state index contributed by atoms with van der Waals surface area (Å²) in [6.07, 6.45) is 3.96. The van der Waals surface area contributed by atoms with E-state index in [0.29, 0.717) is 18.7 Å². The molecule has 23 heavy (non-hydrogen) atoms. The van der Waals surface area contributed by atoms with Crippen molar-refractivity contribution >= 4 is 18.3 Å². The molecule has 0 bridgehead atoms. The molecule has 2 heterocycles. The van der Waals surface area contributed by atoms with Crippen molar-refractivity contribution in [3.63, 3.8) is 0 Å². The molecule has 1 aliphatic rings. The zero-order chi connectivity index (χ0) is 15.7. The first-order valence-corrected chi connectivity index (χ1v) is 7.47. The second-order valence-corrected chi connectivity index (χ2v) is 6.50. The van der Waals surface area contributed by atoms with Gasteiger partial charge < -0.3 is 10.6 Å². The van der Waals surface area contributed by atoms with Gasteiger partial charge in [-0.25, -0.2) is 9.67 Å². The number of aromatic nitrogens is 3. The zero-order valence-electron chi connectivity index (χ0n) is 13.3. The molecule has 2 N–H and O–H groups in total. The number of nitrogens with two attached hydrogens (primary N) is 1. The molecule has 0 radical (unpaired) electrons. The van der Waals surface area contributed by atoms with Crippen LogP contribution in [0.15, 0.2) is 36.9 Å². The molecule has 1 amide bonds. The molecule has 1 aromatic heterocycles. The predicted molar refractivity (Wildman–Crippen MR) is 90.9 cm³/mol. The normalized spacial score (nSPS) is 20.0. The van der Waals surface area contributed by atoms with Crippen LogP contribution in [0.1, 0.15) is 30.6 Å². The molecule has 0 spiro atoms. The Hall–Kier alpha value is -1.92. The lowest BCUT2D eigenvalue weighted by molar-refractivity contribution is 0.0533. The number of hydrogen-bond acceptors (Lipinski definition) is 4. The van der Waals surface area contributed by atoms with E-state index >= 15 is 0 Å². The number of rotatable bonds is 2. The lowest BCUT2D eigenvalue weighted by Crippen LogP contribution is -2.53. The monoisotopic (exact) mass is 335 g/mol. The third-order valence-corrected chi connectivity index (χ3v) is 4.40. The molecule has 1 unspecified atom stereocenters. The average molecular weight is 336 g/mol.